The van der Waals surface area contributed by atoms with Gasteiger partial charge in [0.1, 0.15) is 7.85 Å². The van der Waals surface area contributed by atoms with Crippen LogP contribution in [0.1, 0.15) is 0 Å². The van der Waals surface area contributed by atoms with Gasteiger partial charge in [-0.15, -0.1) is 9.24 Å². The Kier molecular flexibility index (Phi) is 2.05. The van der Waals surface area contributed by atoms with Crippen molar-refractivity contribution in [2.75, 3.05) is 7.05 Å². The first-order valence-electron chi connectivity index (χ1n) is 1.62. The van der Waals surface area contributed by atoms with Crippen LogP contribution in [0, 0.1) is 0 Å². The molecule has 0 saturated heterocycles. The highest BCUT2D eigenvalue weighted by atomic mass is 31.0. The van der Waals surface area contributed by atoms with E-state index in [1.807, 2.05) is 0 Å². The van der Waals surface area contributed by atoms with Crippen molar-refractivity contribution >= 4 is 17.1 Å². The summed E-state index contributed by atoms with van der Waals surface area (Å²) < 4.78 is 0. The normalized spacial score (nSPS) is 19.8. The number of rotatable bonds is 1. The van der Waals surface area contributed by atoms with E-state index in [0.717, 1.165) is 0 Å². The van der Waals surface area contributed by atoms with Gasteiger partial charge in [0.15, 0.2) is 0 Å². The molecule has 2 radical (unpaired) electrons. The van der Waals surface area contributed by atoms with Crippen molar-refractivity contribution in [3.63, 3.8) is 0 Å². The third kappa shape index (κ3) is 4.41. The van der Waals surface area contributed by atoms with Gasteiger partial charge in [0, 0.05) is 5.30 Å². The number of hydrogen-bond acceptors (Lipinski definition) is 2. The van der Waals surface area contributed by atoms with Crippen molar-refractivity contribution < 1.29 is 0 Å². The summed E-state index contributed by atoms with van der Waals surface area (Å²) in [5.41, 5.74) is 5.16. The molecular weight excluding hydrogens is 93.8 g/mol. The summed E-state index contributed by atoms with van der Waals surface area (Å²) in [5, 5.41) is 1.83. The quantitative estimate of drug-likeness (QED) is 0.248. The van der Waals surface area contributed by atoms with Crippen molar-refractivity contribution in [2.24, 2.45) is 5.73 Å². The lowest BCUT2D eigenvalue weighted by atomic mass is 10.1. The summed E-state index contributed by atoms with van der Waals surface area (Å²) in [6, 6.07) is 0. The van der Waals surface area contributed by atoms with Crippen LogP contribution in [0.2, 0.25) is 0 Å². The molecule has 0 heterocycles. The molecule has 0 bridgehead atoms. The summed E-state index contributed by atoms with van der Waals surface area (Å²) in [4.78, 5) is 0. The van der Waals surface area contributed by atoms with Gasteiger partial charge in [-0.25, -0.2) is 0 Å². The Labute approximate surface area is 41.5 Å². The summed E-state index contributed by atoms with van der Waals surface area (Å²) in [6.45, 7) is 0. The highest BCUT2D eigenvalue weighted by Crippen LogP contribution is 1.95. The Morgan fingerprint density at radius 2 is 2.17 bits per heavy atom. The van der Waals surface area contributed by atoms with Crippen molar-refractivity contribution in [1.82, 2.24) is 5.32 Å². The summed E-state index contributed by atoms with van der Waals surface area (Å²) >= 11 is 0. The Morgan fingerprint density at radius 3 is 2.17 bits per heavy atom. The predicted octanol–water partition coefficient (Wildman–Crippen LogP) is -1.18. The molecule has 0 aliphatic rings. The minimum atomic E-state index is -0.792. The zero-order chi connectivity index (χ0) is 5.21. The second-order valence-corrected chi connectivity index (χ2v) is 2.14. The van der Waals surface area contributed by atoms with Gasteiger partial charge >= 0.3 is 0 Å². The second-order valence-electron chi connectivity index (χ2n) is 1.18. The fraction of sp³-hybridized carbons (Fsp3) is 1.00. The van der Waals surface area contributed by atoms with Crippen molar-refractivity contribution in [2.45, 2.75) is 5.30 Å². The topological polar surface area (TPSA) is 38.0 Å². The van der Waals surface area contributed by atoms with E-state index in [2.05, 4.69) is 14.6 Å². The Hall–Kier alpha value is 0.415. The van der Waals surface area contributed by atoms with Gasteiger partial charge in [0.2, 0.25) is 0 Å². The lowest BCUT2D eigenvalue weighted by molar-refractivity contribution is 0.707. The standard InChI is InChI=1S/C2H8BN2P/c1-5-2(3,4)6/h5H,4,6H2,1H3. The van der Waals surface area contributed by atoms with Crippen LogP contribution in [0.3, 0.4) is 0 Å². The third-order valence-corrected chi connectivity index (χ3v) is 0.722. The van der Waals surface area contributed by atoms with Gasteiger partial charge in [0.25, 0.3) is 0 Å². The van der Waals surface area contributed by atoms with Crippen LogP contribution < -0.4 is 11.1 Å². The Morgan fingerprint density at radius 1 is 2.00 bits per heavy atom. The SMILES string of the molecule is [B]C(N)(P)NC. The van der Waals surface area contributed by atoms with E-state index in [-0.39, 0.29) is 0 Å². The third-order valence-electron chi connectivity index (χ3n) is 0.433. The van der Waals surface area contributed by atoms with E-state index in [9.17, 15) is 0 Å². The van der Waals surface area contributed by atoms with Crippen LogP contribution in [-0.4, -0.2) is 20.2 Å². The van der Waals surface area contributed by atoms with Gasteiger partial charge in [-0.2, -0.15) is 0 Å². The molecule has 0 aromatic carbocycles. The van der Waals surface area contributed by atoms with E-state index in [0.29, 0.717) is 0 Å². The highest BCUT2D eigenvalue weighted by molar-refractivity contribution is 7.22. The number of nitrogens with two attached hydrogens (primary N) is 1. The number of nitrogens with one attached hydrogen (secondary N) is 1. The minimum absolute atomic E-state index is 0.792. The summed E-state index contributed by atoms with van der Waals surface area (Å²) in [7, 11) is 9.09. The molecule has 4 heteroatoms. The molecule has 0 aromatic heterocycles. The molecule has 0 spiro atoms. The van der Waals surface area contributed by atoms with Crippen LogP contribution in [0.5, 0.6) is 0 Å². The van der Waals surface area contributed by atoms with Crippen molar-refractivity contribution in [1.29, 1.82) is 0 Å². The molecular formula is C2H8BN2P. The fourth-order valence-electron chi connectivity index (χ4n) is 0. The molecule has 2 nitrogen and oxygen atoms in total. The Bertz CT molecular complexity index is 41.3. The van der Waals surface area contributed by atoms with Crippen LogP contribution in [0.25, 0.3) is 0 Å². The average molecular weight is 102 g/mol. The smallest absolute Gasteiger partial charge is 0.123 e. The van der Waals surface area contributed by atoms with Crippen LogP contribution in [-0.2, 0) is 0 Å². The molecule has 2 atom stereocenters. The van der Waals surface area contributed by atoms with Crippen LogP contribution >= 0.6 is 9.24 Å². The van der Waals surface area contributed by atoms with Gasteiger partial charge in [-0.05, 0) is 7.05 Å². The van der Waals surface area contributed by atoms with Gasteiger partial charge in [-0.3, -0.25) is 0 Å². The second kappa shape index (κ2) is 1.92. The van der Waals surface area contributed by atoms with Crippen LogP contribution in [0.15, 0.2) is 0 Å². The highest BCUT2D eigenvalue weighted by Gasteiger charge is 2.01. The molecule has 34 valence electrons. The number of hydrogen-bond donors (Lipinski definition) is 2. The molecule has 0 fully saturated rings. The lowest BCUT2D eigenvalue weighted by Gasteiger charge is -2.16. The maximum atomic E-state index is 5.16. The van der Waals surface area contributed by atoms with E-state index in [4.69, 9.17) is 13.6 Å². The lowest BCUT2D eigenvalue weighted by Crippen LogP contribution is -2.45. The van der Waals surface area contributed by atoms with E-state index in [1.165, 1.54) is 0 Å². The van der Waals surface area contributed by atoms with Crippen LogP contribution in [0.4, 0.5) is 0 Å². The van der Waals surface area contributed by atoms with E-state index in [1.54, 1.807) is 7.05 Å². The van der Waals surface area contributed by atoms with Gasteiger partial charge in [-0.1, -0.05) is 0 Å². The minimum Gasteiger partial charge on any atom is -0.318 e. The zero-order valence-electron chi connectivity index (χ0n) is 3.73. The molecule has 3 N–H and O–H groups in total. The van der Waals surface area contributed by atoms with Crippen molar-refractivity contribution in [3.05, 3.63) is 0 Å². The first-order valence-corrected chi connectivity index (χ1v) is 2.19. The molecule has 0 aromatic rings. The maximum Gasteiger partial charge on any atom is 0.123 e. The first-order chi connectivity index (χ1) is 2.56. The van der Waals surface area contributed by atoms with Crippen molar-refractivity contribution in [3.8, 4) is 0 Å². The summed E-state index contributed by atoms with van der Waals surface area (Å²) in [6.07, 6.45) is 0. The van der Waals surface area contributed by atoms with E-state index < -0.39 is 5.30 Å². The zero-order valence-corrected chi connectivity index (χ0v) is 4.89. The molecule has 0 amide bonds. The van der Waals surface area contributed by atoms with Gasteiger partial charge in [0.05, 0.1) is 0 Å². The fourth-order valence-corrected chi connectivity index (χ4v) is 0. The van der Waals surface area contributed by atoms with E-state index >= 15 is 0 Å². The first kappa shape index (κ1) is 6.41. The Balaban J connectivity index is 3.17. The molecule has 0 aliphatic heterocycles. The largest absolute Gasteiger partial charge is 0.318 e. The maximum absolute atomic E-state index is 5.16. The molecule has 0 rings (SSSR count). The summed E-state index contributed by atoms with van der Waals surface area (Å²) in [5.74, 6) is 0. The molecule has 2 unspecified atom stereocenters. The molecule has 6 heavy (non-hydrogen) atoms. The monoisotopic (exact) mass is 102 g/mol. The molecule has 0 saturated carbocycles. The predicted molar refractivity (Wildman–Crippen MR) is 31.4 cm³/mol. The average Bonchev–Trinajstić information content (AvgIpc) is 1.35. The molecule has 0 aliphatic carbocycles. The van der Waals surface area contributed by atoms with Gasteiger partial charge < -0.3 is 11.1 Å².